The third-order valence-corrected chi connectivity index (χ3v) is 1.95. The van der Waals surface area contributed by atoms with E-state index in [2.05, 4.69) is 10.1 Å². The largest absolute Gasteiger partial charge is 0.465 e. The van der Waals surface area contributed by atoms with Gasteiger partial charge in [0, 0.05) is 13.1 Å². The molecule has 0 spiro atoms. The summed E-state index contributed by atoms with van der Waals surface area (Å²) in [7, 11) is 1.10. The van der Waals surface area contributed by atoms with Crippen molar-refractivity contribution in [2.75, 3.05) is 25.5 Å². The minimum Gasteiger partial charge on any atom is -0.465 e. The van der Waals surface area contributed by atoms with Crippen LogP contribution in [0.25, 0.3) is 0 Å². The van der Waals surface area contributed by atoms with Crippen LogP contribution in [-0.4, -0.2) is 26.2 Å². The van der Waals surface area contributed by atoms with Gasteiger partial charge in [0.05, 0.1) is 18.4 Å². The zero-order valence-corrected chi connectivity index (χ0v) is 8.72. The average Bonchev–Trinajstić information content (AvgIpc) is 2.30. The number of benzene rings is 1. The third-order valence-electron chi connectivity index (χ3n) is 1.95. The van der Waals surface area contributed by atoms with Crippen LogP contribution in [0.3, 0.4) is 0 Å². The lowest BCUT2D eigenvalue weighted by Gasteiger charge is -2.08. The van der Waals surface area contributed by atoms with Crippen molar-refractivity contribution in [3.8, 4) is 0 Å². The van der Waals surface area contributed by atoms with Crippen LogP contribution in [0.1, 0.15) is 10.4 Å². The second-order valence-corrected chi connectivity index (χ2v) is 3.00. The normalized spacial score (nSPS) is 10.0. The summed E-state index contributed by atoms with van der Waals surface area (Å²) < 4.78 is 31.1. The van der Waals surface area contributed by atoms with Crippen LogP contribution in [0.5, 0.6) is 0 Å². The van der Waals surface area contributed by atoms with Gasteiger partial charge in [-0.05, 0) is 12.1 Å². The number of rotatable bonds is 4. The van der Waals surface area contributed by atoms with Gasteiger partial charge in [-0.15, -0.1) is 0 Å². The Morgan fingerprint density at radius 2 is 2.12 bits per heavy atom. The summed E-state index contributed by atoms with van der Waals surface area (Å²) in [5, 5.41) is 2.60. The molecule has 0 heterocycles. The third kappa shape index (κ3) is 2.46. The molecule has 0 aliphatic rings. The molecular weight excluding hydrogens is 218 g/mol. The predicted octanol–water partition coefficient (Wildman–Crippen LogP) is 1.12. The molecule has 0 atom stereocenters. The number of nitrogens with two attached hydrogens (primary N) is 1. The zero-order chi connectivity index (χ0) is 12.1. The van der Waals surface area contributed by atoms with E-state index < -0.39 is 23.2 Å². The Kier molecular flexibility index (Phi) is 4.19. The smallest absolute Gasteiger partial charge is 0.340 e. The summed E-state index contributed by atoms with van der Waals surface area (Å²) in [5.74, 6) is -3.26. The van der Waals surface area contributed by atoms with Crippen molar-refractivity contribution >= 4 is 11.7 Å². The number of halogens is 2. The average molecular weight is 230 g/mol. The number of anilines is 1. The molecule has 1 aromatic rings. The van der Waals surface area contributed by atoms with Crippen LogP contribution in [0.15, 0.2) is 12.1 Å². The molecule has 0 fully saturated rings. The Morgan fingerprint density at radius 1 is 1.44 bits per heavy atom. The van der Waals surface area contributed by atoms with E-state index in [0.717, 1.165) is 13.2 Å². The number of hydrogen-bond donors (Lipinski definition) is 2. The van der Waals surface area contributed by atoms with E-state index >= 15 is 0 Å². The Hall–Kier alpha value is -1.69. The summed E-state index contributed by atoms with van der Waals surface area (Å²) in [4.78, 5) is 11.0. The fraction of sp³-hybridized carbons (Fsp3) is 0.300. The summed E-state index contributed by atoms with van der Waals surface area (Å²) in [6.45, 7) is 0.605. The molecule has 0 radical (unpaired) electrons. The number of nitrogens with one attached hydrogen (secondary N) is 1. The molecule has 1 aromatic carbocycles. The highest BCUT2D eigenvalue weighted by atomic mass is 19.2. The van der Waals surface area contributed by atoms with Gasteiger partial charge in [0.15, 0.2) is 11.6 Å². The van der Waals surface area contributed by atoms with Crippen molar-refractivity contribution in [3.63, 3.8) is 0 Å². The minimum atomic E-state index is -1.23. The molecule has 0 amide bonds. The monoisotopic (exact) mass is 230 g/mol. The Morgan fingerprint density at radius 3 is 2.69 bits per heavy atom. The van der Waals surface area contributed by atoms with Gasteiger partial charge >= 0.3 is 5.97 Å². The maximum absolute atomic E-state index is 13.4. The molecule has 0 bridgehead atoms. The van der Waals surface area contributed by atoms with Crippen molar-refractivity contribution < 1.29 is 18.3 Å². The highest BCUT2D eigenvalue weighted by Crippen LogP contribution is 2.20. The summed E-state index contributed by atoms with van der Waals surface area (Å²) in [6, 6.07) is 2.42. The van der Waals surface area contributed by atoms with Crippen molar-refractivity contribution in [2.24, 2.45) is 5.73 Å². The predicted molar refractivity (Wildman–Crippen MR) is 55.2 cm³/mol. The molecule has 0 saturated heterocycles. The quantitative estimate of drug-likeness (QED) is 0.761. The van der Waals surface area contributed by atoms with Crippen LogP contribution in [0.2, 0.25) is 0 Å². The Balaban J connectivity index is 3.03. The molecule has 0 aromatic heterocycles. The van der Waals surface area contributed by atoms with Crippen LogP contribution < -0.4 is 11.1 Å². The first-order chi connectivity index (χ1) is 7.61. The standard InChI is InChI=1S/C10H12F2N2O2/c1-16-10(15)6-2-3-7(14-5-4-13)9(12)8(6)11/h2-3,14H,4-5,13H2,1H3. The summed E-state index contributed by atoms with van der Waals surface area (Å²) in [5.41, 5.74) is 4.75. The van der Waals surface area contributed by atoms with E-state index in [1.807, 2.05) is 0 Å². The molecule has 0 aliphatic carbocycles. The van der Waals surface area contributed by atoms with E-state index in [1.165, 1.54) is 6.07 Å². The van der Waals surface area contributed by atoms with Crippen molar-refractivity contribution in [3.05, 3.63) is 29.3 Å². The molecule has 0 saturated carbocycles. The SMILES string of the molecule is COC(=O)c1ccc(NCCN)c(F)c1F. The number of carbonyl (C=O) groups is 1. The van der Waals surface area contributed by atoms with Gasteiger partial charge in [-0.3, -0.25) is 0 Å². The number of esters is 1. The van der Waals surface area contributed by atoms with Crippen molar-refractivity contribution in [1.82, 2.24) is 0 Å². The molecule has 0 aliphatic heterocycles. The van der Waals surface area contributed by atoms with Crippen LogP contribution in [0, 0.1) is 11.6 Å². The lowest BCUT2D eigenvalue weighted by atomic mass is 10.2. The van der Waals surface area contributed by atoms with E-state index in [9.17, 15) is 13.6 Å². The minimum absolute atomic E-state index is 0.0318. The molecule has 16 heavy (non-hydrogen) atoms. The van der Waals surface area contributed by atoms with Gasteiger partial charge in [-0.1, -0.05) is 0 Å². The van der Waals surface area contributed by atoms with Gasteiger partial charge in [0.2, 0.25) is 0 Å². The molecule has 6 heteroatoms. The van der Waals surface area contributed by atoms with Gasteiger partial charge in [0.25, 0.3) is 0 Å². The lowest BCUT2D eigenvalue weighted by Crippen LogP contribution is -2.15. The maximum Gasteiger partial charge on any atom is 0.340 e. The molecule has 4 nitrogen and oxygen atoms in total. The van der Waals surface area contributed by atoms with E-state index in [-0.39, 0.29) is 5.69 Å². The zero-order valence-electron chi connectivity index (χ0n) is 8.72. The molecule has 1 rings (SSSR count). The fourth-order valence-corrected chi connectivity index (χ4v) is 1.16. The van der Waals surface area contributed by atoms with Gasteiger partial charge in [0.1, 0.15) is 0 Å². The van der Waals surface area contributed by atoms with E-state index in [1.54, 1.807) is 0 Å². The fourth-order valence-electron chi connectivity index (χ4n) is 1.16. The van der Waals surface area contributed by atoms with Crippen LogP contribution >= 0.6 is 0 Å². The van der Waals surface area contributed by atoms with Crippen LogP contribution in [0.4, 0.5) is 14.5 Å². The Bertz CT molecular complexity index is 397. The first kappa shape index (κ1) is 12.4. The molecule has 3 N–H and O–H groups in total. The first-order valence-electron chi connectivity index (χ1n) is 4.62. The number of ether oxygens (including phenoxy) is 1. The topological polar surface area (TPSA) is 64.3 Å². The van der Waals surface area contributed by atoms with Gasteiger partial charge < -0.3 is 15.8 Å². The van der Waals surface area contributed by atoms with Gasteiger partial charge in [-0.2, -0.15) is 0 Å². The van der Waals surface area contributed by atoms with Crippen LogP contribution in [-0.2, 0) is 4.74 Å². The summed E-state index contributed by atoms with van der Waals surface area (Å²) >= 11 is 0. The number of methoxy groups -OCH3 is 1. The number of hydrogen-bond acceptors (Lipinski definition) is 4. The highest BCUT2D eigenvalue weighted by Gasteiger charge is 2.18. The second kappa shape index (κ2) is 5.41. The van der Waals surface area contributed by atoms with Gasteiger partial charge in [-0.25, -0.2) is 13.6 Å². The van der Waals surface area contributed by atoms with Crippen molar-refractivity contribution in [2.45, 2.75) is 0 Å². The molecule has 0 unspecified atom stereocenters. The number of carbonyl (C=O) groups excluding carboxylic acids is 1. The highest BCUT2D eigenvalue weighted by molar-refractivity contribution is 5.90. The Labute approximate surface area is 91.4 Å². The first-order valence-corrected chi connectivity index (χ1v) is 4.62. The molecular formula is C10H12F2N2O2. The second-order valence-electron chi connectivity index (χ2n) is 3.00. The van der Waals surface area contributed by atoms with E-state index in [0.29, 0.717) is 13.1 Å². The lowest BCUT2D eigenvalue weighted by molar-refractivity contribution is 0.0594. The van der Waals surface area contributed by atoms with E-state index in [4.69, 9.17) is 5.73 Å². The molecule has 88 valence electrons. The van der Waals surface area contributed by atoms with Crippen molar-refractivity contribution in [1.29, 1.82) is 0 Å². The summed E-state index contributed by atoms with van der Waals surface area (Å²) in [6.07, 6.45) is 0. The maximum atomic E-state index is 13.4.